The first-order chi connectivity index (χ1) is 12.0. The molecule has 1 aliphatic heterocycles. The van der Waals surface area contributed by atoms with Crippen LogP contribution < -0.4 is 5.32 Å². The Bertz CT molecular complexity index is 747. The monoisotopic (exact) mass is 279 g/mol. The van der Waals surface area contributed by atoms with Gasteiger partial charge in [0.05, 0.1) is 13.0 Å². The summed E-state index contributed by atoms with van der Waals surface area (Å²) in [6.07, 6.45) is -10.5. The molecule has 1 aliphatic rings. The quantitative estimate of drug-likeness (QED) is 0.864. The third-order valence-electron chi connectivity index (χ3n) is 2.20. The second-order valence-electron chi connectivity index (χ2n) is 3.23. The van der Waals surface area contributed by atoms with E-state index in [0.29, 0.717) is 0 Å². The van der Waals surface area contributed by atoms with E-state index >= 15 is 0 Å². The van der Waals surface area contributed by atoms with Gasteiger partial charge in [-0.05, 0) is 24.8 Å². The molecule has 18 heavy (non-hydrogen) atoms. The Morgan fingerprint density at radius 1 is 1.56 bits per heavy atom. The van der Waals surface area contributed by atoms with E-state index in [1.165, 1.54) is 30.3 Å². The highest BCUT2D eigenvalue weighted by molar-refractivity contribution is 5.85. The molecule has 1 saturated heterocycles. The molecule has 1 aromatic carbocycles. The van der Waals surface area contributed by atoms with Gasteiger partial charge in [0.2, 0.25) is 0 Å². The highest BCUT2D eigenvalue weighted by Gasteiger charge is 2.31. The number of ether oxygens (including phenoxy) is 1. The maximum Gasteiger partial charge on any atom is 0.314 e. The van der Waals surface area contributed by atoms with E-state index in [-0.39, 0.29) is 18.0 Å². The number of methoxy groups -OCH3 is 1. The zero-order chi connectivity index (χ0) is 21.1. The molecule has 2 atom stereocenters. The van der Waals surface area contributed by atoms with Gasteiger partial charge in [-0.2, -0.15) is 0 Å². The second-order valence-corrected chi connectivity index (χ2v) is 3.23. The van der Waals surface area contributed by atoms with Gasteiger partial charge < -0.3 is 10.1 Å². The van der Waals surface area contributed by atoms with Crippen molar-refractivity contribution in [2.24, 2.45) is 0 Å². The summed E-state index contributed by atoms with van der Waals surface area (Å²) in [7, 11) is 0.902. The number of rotatable bonds is 3. The molecule has 2 rings (SSSR count). The highest BCUT2D eigenvalue weighted by atomic mass is 35.5. The third-order valence-corrected chi connectivity index (χ3v) is 2.20. The van der Waals surface area contributed by atoms with Crippen LogP contribution in [0.25, 0.3) is 0 Å². The van der Waals surface area contributed by atoms with Gasteiger partial charge in [0.15, 0.2) is 0 Å². The highest BCUT2D eigenvalue weighted by Crippen LogP contribution is 2.26. The van der Waals surface area contributed by atoms with E-state index < -0.39 is 43.5 Å². The van der Waals surface area contributed by atoms with E-state index in [4.69, 9.17) is 13.7 Å². The molecule has 0 unspecified atom stereocenters. The van der Waals surface area contributed by atoms with E-state index in [1.54, 1.807) is 5.32 Å². The fourth-order valence-corrected chi connectivity index (χ4v) is 1.45. The van der Waals surface area contributed by atoms with Crippen molar-refractivity contribution >= 4 is 18.4 Å². The van der Waals surface area contributed by atoms with Crippen molar-refractivity contribution in [1.82, 2.24) is 5.32 Å². The number of piperidine rings is 1. The van der Waals surface area contributed by atoms with E-state index in [9.17, 15) is 4.79 Å². The van der Waals surface area contributed by atoms with E-state index in [0.717, 1.165) is 7.11 Å². The van der Waals surface area contributed by atoms with Crippen LogP contribution in [0.4, 0.5) is 0 Å². The lowest BCUT2D eigenvalue weighted by molar-refractivity contribution is -0.143. The lowest BCUT2D eigenvalue weighted by Crippen LogP contribution is -2.42. The topological polar surface area (TPSA) is 38.3 Å². The van der Waals surface area contributed by atoms with Crippen LogP contribution in [0.5, 0.6) is 0 Å². The fraction of sp³-hybridized carbons (Fsp3) is 0.500. The summed E-state index contributed by atoms with van der Waals surface area (Å²) in [5.41, 5.74) is -0.239. The van der Waals surface area contributed by atoms with Crippen molar-refractivity contribution in [3.63, 3.8) is 0 Å². The van der Waals surface area contributed by atoms with Crippen LogP contribution in [0.15, 0.2) is 30.3 Å². The van der Waals surface area contributed by atoms with Crippen molar-refractivity contribution in [3.8, 4) is 0 Å². The van der Waals surface area contributed by atoms with Gasteiger partial charge in [-0.3, -0.25) is 4.79 Å². The van der Waals surface area contributed by atoms with Crippen LogP contribution in [-0.2, 0) is 9.53 Å². The van der Waals surface area contributed by atoms with Crippen molar-refractivity contribution in [3.05, 3.63) is 35.9 Å². The molecular weight excluding hydrogens is 250 g/mol. The minimum atomic E-state index is -3.58. The van der Waals surface area contributed by atoms with Crippen LogP contribution >= 0.6 is 12.4 Å². The Morgan fingerprint density at radius 3 is 2.94 bits per heavy atom. The minimum Gasteiger partial charge on any atom is -0.469 e. The Kier molecular flexibility index (Phi) is 2.44. The van der Waals surface area contributed by atoms with Crippen LogP contribution in [0.2, 0.25) is 0 Å². The van der Waals surface area contributed by atoms with E-state index in [2.05, 4.69) is 4.74 Å². The van der Waals surface area contributed by atoms with Crippen LogP contribution in [0.3, 0.4) is 0 Å². The molecule has 0 aliphatic carbocycles. The lowest BCUT2D eigenvalue weighted by Gasteiger charge is -2.29. The normalized spacial score (nSPS) is 45.8. The Labute approximate surface area is 128 Å². The van der Waals surface area contributed by atoms with Crippen LogP contribution in [0, 0.1) is 0 Å². The largest absolute Gasteiger partial charge is 0.469 e. The Hall–Kier alpha value is -1.06. The average molecular weight is 280 g/mol. The molecule has 0 aromatic heterocycles. The standard InChI is InChI=1S/C14H19NO2.ClH/c1-17-14(16)13(11-7-3-2-4-8-11)12-9-5-6-10-15-12;/h2-4,7-8,12-13,15H,5-6,9-10H2,1H3;1H/t12-,13-;/m0./s1/i5D2,6D2,9D2,10D2,12D,13D;. The van der Waals surface area contributed by atoms with E-state index in [1.807, 2.05) is 0 Å². The summed E-state index contributed by atoms with van der Waals surface area (Å²) >= 11 is 0. The van der Waals surface area contributed by atoms with Crippen molar-refractivity contribution in [2.75, 3.05) is 13.6 Å². The number of carbonyl (C=O) groups excluding carboxylic acids is 1. The molecule has 0 saturated carbocycles. The van der Waals surface area contributed by atoms with Gasteiger partial charge in [-0.25, -0.2) is 0 Å². The predicted octanol–water partition coefficient (Wildman–Crippen LogP) is 2.51. The number of carbonyl (C=O) groups is 1. The lowest BCUT2D eigenvalue weighted by atomic mass is 9.86. The number of benzene rings is 1. The summed E-state index contributed by atoms with van der Waals surface area (Å²) in [5, 5.41) is 1.78. The maximum absolute atomic E-state index is 12.5. The van der Waals surface area contributed by atoms with Crippen molar-refractivity contribution < 1.29 is 23.2 Å². The van der Waals surface area contributed by atoms with Gasteiger partial charge in [0.25, 0.3) is 0 Å². The van der Waals surface area contributed by atoms with Gasteiger partial charge in [-0.15, -0.1) is 12.4 Å². The molecule has 4 heteroatoms. The molecule has 0 radical (unpaired) electrons. The summed E-state index contributed by atoms with van der Waals surface area (Å²) in [6.45, 7) is -3.28. The number of halogens is 1. The predicted molar refractivity (Wildman–Crippen MR) is 74.1 cm³/mol. The molecule has 0 amide bonds. The zero-order valence-electron chi connectivity index (χ0n) is 19.6. The van der Waals surface area contributed by atoms with Crippen LogP contribution in [0.1, 0.15) is 44.3 Å². The number of esters is 1. The summed E-state index contributed by atoms with van der Waals surface area (Å²) in [5.74, 6) is -4.38. The summed E-state index contributed by atoms with van der Waals surface area (Å²) in [4.78, 5) is 12.5. The number of hydrogen-bond donors (Lipinski definition) is 1. The molecule has 1 aromatic rings. The molecule has 0 bridgehead atoms. The average Bonchev–Trinajstić information content (AvgIpc) is 2.58. The third kappa shape index (κ3) is 3.47. The molecule has 1 heterocycles. The maximum atomic E-state index is 12.5. The SMILES string of the molecule is Cl.[2H]C1([2H])N[C@]([2H])([C@@]([2H])(C(=O)OC)c2ccccc2)C([2H])([2H])C([2H])([2H])C1([2H])[2H]. The smallest absolute Gasteiger partial charge is 0.314 e. The molecule has 100 valence electrons. The molecule has 0 spiro atoms. The van der Waals surface area contributed by atoms with Gasteiger partial charge in [0.1, 0.15) is 0 Å². The fourth-order valence-electron chi connectivity index (χ4n) is 1.45. The first-order valence-corrected chi connectivity index (χ1v) is 4.98. The molecule has 3 nitrogen and oxygen atoms in total. The number of hydrogen-bond acceptors (Lipinski definition) is 3. The van der Waals surface area contributed by atoms with Gasteiger partial charge in [-0.1, -0.05) is 36.7 Å². The summed E-state index contributed by atoms with van der Waals surface area (Å²) in [6, 6.07) is 3.53. The van der Waals surface area contributed by atoms with Crippen LogP contribution in [-0.4, -0.2) is 25.6 Å². The minimum absolute atomic E-state index is 0. The van der Waals surface area contributed by atoms with Gasteiger partial charge in [0, 0.05) is 19.7 Å². The zero-order valence-corrected chi connectivity index (χ0v) is 10.4. The first-order valence-electron chi connectivity index (χ1n) is 9.98. The first kappa shape index (κ1) is 5.93. The Morgan fingerprint density at radius 2 is 2.28 bits per heavy atom. The molecule has 1 fully saturated rings. The van der Waals surface area contributed by atoms with Crippen molar-refractivity contribution in [2.45, 2.75) is 31.0 Å². The molecule has 1 N–H and O–H groups in total. The van der Waals surface area contributed by atoms with Crippen molar-refractivity contribution in [1.29, 1.82) is 0 Å². The number of nitrogens with one attached hydrogen (secondary N) is 1. The second kappa shape index (κ2) is 7.39. The van der Waals surface area contributed by atoms with Gasteiger partial charge >= 0.3 is 5.97 Å². The Balaban J connectivity index is 0.00000392. The summed E-state index contributed by atoms with van der Waals surface area (Å²) < 4.78 is 85.5. The molecular formula is C14H20ClNO2.